The summed E-state index contributed by atoms with van der Waals surface area (Å²) in [6.45, 7) is 4.13. The Hall–Kier alpha value is -1.84. The highest BCUT2D eigenvalue weighted by molar-refractivity contribution is 5.78. The van der Waals surface area contributed by atoms with Crippen LogP contribution in [0.25, 0.3) is 0 Å². The maximum atomic E-state index is 13.1. The number of anilines is 1. The Labute approximate surface area is 193 Å². The molecule has 1 saturated carbocycles. The number of carbonyl (C=O) groups excluding carboxylic acids is 1. The lowest BCUT2D eigenvalue weighted by Crippen LogP contribution is -2.48. The number of benzene rings is 1. The number of piperidine rings is 1. The number of nitrogens with zero attached hydrogens (tertiary/aromatic N) is 3. The standard InChI is InChI=1S/C24H34F3N3O3/c1-33-17-20(5-10-28-12-9-23(7-8-23)21(31)16-28)30-14-13-29(11-6-22(30)32)19-4-2-3-18(15-19)24(25,26)27/h2-4,15,20-21,31H,5-14,16-17H2,1H3/t20-,21?/m0/s1. The van der Waals surface area contributed by atoms with Crippen molar-refractivity contribution in [3.8, 4) is 0 Å². The fourth-order valence-corrected chi connectivity index (χ4v) is 5.24. The van der Waals surface area contributed by atoms with Crippen molar-refractivity contribution in [2.75, 3.05) is 57.9 Å². The molecular weight excluding hydrogens is 435 g/mol. The zero-order chi connectivity index (χ0) is 23.6. The molecule has 1 N–H and O–H groups in total. The van der Waals surface area contributed by atoms with E-state index in [0.717, 1.165) is 50.9 Å². The first-order valence-corrected chi connectivity index (χ1v) is 11.8. The molecule has 1 aliphatic carbocycles. The summed E-state index contributed by atoms with van der Waals surface area (Å²) in [5.41, 5.74) is -0.0313. The van der Waals surface area contributed by atoms with Gasteiger partial charge < -0.3 is 24.5 Å². The van der Waals surface area contributed by atoms with E-state index in [1.165, 1.54) is 6.07 Å². The number of carbonyl (C=O) groups is 1. The van der Waals surface area contributed by atoms with Crippen LogP contribution in [-0.2, 0) is 15.7 Å². The Morgan fingerprint density at radius 1 is 1.18 bits per heavy atom. The number of alkyl halides is 3. The average molecular weight is 470 g/mol. The van der Waals surface area contributed by atoms with Crippen molar-refractivity contribution in [1.29, 1.82) is 0 Å². The highest BCUT2D eigenvalue weighted by Crippen LogP contribution is 2.53. The Kier molecular flexibility index (Phi) is 7.21. The molecule has 1 aromatic rings. The zero-order valence-corrected chi connectivity index (χ0v) is 19.2. The quantitative estimate of drug-likeness (QED) is 0.666. The molecule has 2 saturated heterocycles. The first-order chi connectivity index (χ1) is 15.7. The number of aliphatic hydroxyl groups excluding tert-OH is 1. The Morgan fingerprint density at radius 3 is 2.64 bits per heavy atom. The second-order valence-electron chi connectivity index (χ2n) is 9.70. The summed E-state index contributed by atoms with van der Waals surface area (Å²) in [5, 5.41) is 10.5. The molecule has 2 atom stereocenters. The van der Waals surface area contributed by atoms with Crippen molar-refractivity contribution in [1.82, 2.24) is 9.80 Å². The van der Waals surface area contributed by atoms with E-state index in [2.05, 4.69) is 4.90 Å². The highest BCUT2D eigenvalue weighted by Gasteiger charge is 2.51. The summed E-state index contributed by atoms with van der Waals surface area (Å²) in [6.07, 6.45) is -0.401. The zero-order valence-electron chi connectivity index (χ0n) is 19.2. The average Bonchev–Trinajstić information content (AvgIpc) is 3.58. The number of halogens is 3. The molecule has 2 aliphatic heterocycles. The molecular formula is C24H34F3N3O3. The van der Waals surface area contributed by atoms with Gasteiger partial charge in [0, 0.05) is 51.9 Å². The third-order valence-corrected chi connectivity index (χ3v) is 7.60. The summed E-state index contributed by atoms with van der Waals surface area (Å²) in [6, 6.07) is 5.20. The Bertz CT molecular complexity index is 831. The molecule has 184 valence electrons. The van der Waals surface area contributed by atoms with Crippen LogP contribution in [0.4, 0.5) is 18.9 Å². The van der Waals surface area contributed by atoms with Crippen molar-refractivity contribution in [2.24, 2.45) is 5.41 Å². The van der Waals surface area contributed by atoms with E-state index < -0.39 is 11.7 Å². The van der Waals surface area contributed by atoms with Crippen LogP contribution in [0.3, 0.4) is 0 Å². The van der Waals surface area contributed by atoms with E-state index in [9.17, 15) is 23.1 Å². The third kappa shape index (κ3) is 5.63. The van der Waals surface area contributed by atoms with Gasteiger partial charge in [-0.2, -0.15) is 13.2 Å². The normalized spacial score (nSPS) is 24.8. The predicted molar refractivity (Wildman–Crippen MR) is 119 cm³/mol. The minimum Gasteiger partial charge on any atom is -0.391 e. The summed E-state index contributed by atoms with van der Waals surface area (Å²) >= 11 is 0. The van der Waals surface area contributed by atoms with Gasteiger partial charge in [0.05, 0.1) is 24.3 Å². The van der Waals surface area contributed by atoms with Crippen LogP contribution >= 0.6 is 0 Å². The van der Waals surface area contributed by atoms with E-state index in [1.807, 2.05) is 9.80 Å². The lowest BCUT2D eigenvalue weighted by molar-refractivity contribution is -0.137. The Morgan fingerprint density at radius 2 is 1.97 bits per heavy atom. The van der Waals surface area contributed by atoms with Crippen LogP contribution in [0.5, 0.6) is 0 Å². The highest BCUT2D eigenvalue weighted by atomic mass is 19.4. The monoisotopic (exact) mass is 469 g/mol. The van der Waals surface area contributed by atoms with Crippen molar-refractivity contribution in [3.63, 3.8) is 0 Å². The molecule has 0 aromatic heterocycles. The molecule has 33 heavy (non-hydrogen) atoms. The fraction of sp³-hybridized carbons (Fsp3) is 0.708. The lowest BCUT2D eigenvalue weighted by Gasteiger charge is -2.38. The van der Waals surface area contributed by atoms with Gasteiger partial charge in [-0.3, -0.25) is 4.79 Å². The van der Waals surface area contributed by atoms with Gasteiger partial charge in [-0.25, -0.2) is 0 Å². The third-order valence-electron chi connectivity index (χ3n) is 7.60. The van der Waals surface area contributed by atoms with Gasteiger partial charge in [0.2, 0.25) is 5.91 Å². The van der Waals surface area contributed by atoms with Gasteiger partial charge in [0.1, 0.15) is 0 Å². The summed E-state index contributed by atoms with van der Waals surface area (Å²) in [5.74, 6) is 0.00198. The molecule has 1 unspecified atom stereocenters. The van der Waals surface area contributed by atoms with Crippen LogP contribution in [0.2, 0.25) is 0 Å². The lowest BCUT2D eigenvalue weighted by atomic mass is 9.90. The first-order valence-electron chi connectivity index (χ1n) is 11.8. The van der Waals surface area contributed by atoms with Crippen LogP contribution in [0.15, 0.2) is 24.3 Å². The number of rotatable bonds is 7. The van der Waals surface area contributed by atoms with Gasteiger partial charge in [-0.05, 0) is 55.8 Å². The van der Waals surface area contributed by atoms with Crippen LogP contribution in [-0.4, -0.2) is 85.9 Å². The van der Waals surface area contributed by atoms with Gasteiger partial charge in [-0.15, -0.1) is 0 Å². The molecule has 0 radical (unpaired) electrons. The SMILES string of the molecule is COC[C@H](CCN1CCC2(CC2)C(O)C1)N1CCN(c2cccc(C(F)(F)F)c2)CCC1=O. The number of likely N-dealkylation sites (tertiary alicyclic amines) is 1. The van der Waals surface area contributed by atoms with Crippen molar-refractivity contribution >= 4 is 11.6 Å². The van der Waals surface area contributed by atoms with Crippen molar-refractivity contribution < 1.29 is 27.8 Å². The molecule has 9 heteroatoms. The number of hydrogen-bond acceptors (Lipinski definition) is 5. The number of methoxy groups -OCH3 is 1. The van der Waals surface area contributed by atoms with E-state index in [4.69, 9.17) is 4.74 Å². The van der Waals surface area contributed by atoms with E-state index in [-0.39, 0.29) is 29.9 Å². The van der Waals surface area contributed by atoms with E-state index in [0.29, 0.717) is 38.5 Å². The number of amides is 1. The summed E-state index contributed by atoms with van der Waals surface area (Å²) in [4.78, 5) is 18.9. The number of β-amino-alcohol motifs (C(OH)–C–C–N with tert-alkyl or cyclic N) is 1. The van der Waals surface area contributed by atoms with Crippen LogP contribution in [0.1, 0.15) is 37.7 Å². The van der Waals surface area contributed by atoms with E-state index >= 15 is 0 Å². The number of hydrogen-bond donors (Lipinski definition) is 1. The molecule has 3 fully saturated rings. The van der Waals surface area contributed by atoms with Crippen LogP contribution < -0.4 is 4.90 Å². The molecule has 0 bridgehead atoms. The topological polar surface area (TPSA) is 56.3 Å². The molecule has 1 aromatic carbocycles. The second-order valence-corrected chi connectivity index (χ2v) is 9.70. The van der Waals surface area contributed by atoms with Crippen molar-refractivity contribution in [3.05, 3.63) is 29.8 Å². The largest absolute Gasteiger partial charge is 0.416 e. The smallest absolute Gasteiger partial charge is 0.391 e. The van der Waals surface area contributed by atoms with Gasteiger partial charge in [0.15, 0.2) is 0 Å². The Balaban J connectivity index is 1.37. The summed E-state index contributed by atoms with van der Waals surface area (Å²) in [7, 11) is 1.62. The maximum Gasteiger partial charge on any atom is 0.416 e. The van der Waals surface area contributed by atoms with E-state index in [1.54, 1.807) is 13.2 Å². The number of aliphatic hydroxyl groups is 1. The van der Waals surface area contributed by atoms with Gasteiger partial charge in [0.25, 0.3) is 0 Å². The second kappa shape index (κ2) is 9.80. The van der Waals surface area contributed by atoms with Gasteiger partial charge in [-0.1, -0.05) is 6.07 Å². The maximum absolute atomic E-state index is 13.1. The van der Waals surface area contributed by atoms with Gasteiger partial charge >= 0.3 is 6.18 Å². The van der Waals surface area contributed by atoms with Crippen LogP contribution in [0, 0.1) is 5.41 Å². The first kappa shape index (κ1) is 24.3. The van der Waals surface area contributed by atoms with Crippen molar-refractivity contribution in [2.45, 2.75) is 50.4 Å². The molecule has 6 nitrogen and oxygen atoms in total. The molecule has 1 amide bonds. The molecule has 1 spiro atoms. The minimum absolute atomic E-state index is 0.00198. The number of ether oxygens (including phenoxy) is 1. The predicted octanol–water partition coefficient (Wildman–Crippen LogP) is 3.00. The molecule has 4 rings (SSSR count). The fourth-order valence-electron chi connectivity index (χ4n) is 5.24. The molecule has 3 aliphatic rings. The molecule has 2 heterocycles. The minimum atomic E-state index is -4.39. The summed E-state index contributed by atoms with van der Waals surface area (Å²) < 4.78 is 44.8.